The Balaban J connectivity index is 1.13. The molecule has 0 radical (unpaired) electrons. The van der Waals surface area contributed by atoms with Gasteiger partial charge in [-0.25, -0.2) is 18.7 Å². The SMILES string of the molecule is Cc1cc2c(nc1OCc1c(F)cc(Cl)cc1F)CN(Cc1nc3cc(-c4nnc(C#N)[nH]4)ncc3n1C[C@@H]1CCO1)CC2. The van der Waals surface area contributed by atoms with Crippen LogP contribution in [0.1, 0.15) is 40.5 Å². The molecule has 7 rings (SSSR count). The number of aryl methyl sites for hydroxylation is 1. The minimum absolute atomic E-state index is 0.0126. The lowest BCUT2D eigenvalue weighted by molar-refractivity contribution is -0.0592. The van der Waals surface area contributed by atoms with E-state index in [4.69, 9.17) is 36.3 Å². The number of H-pyrrole nitrogens is 1. The fourth-order valence-corrected chi connectivity index (χ4v) is 5.72. The van der Waals surface area contributed by atoms with Crippen LogP contribution < -0.4 is 4.74 Å². The summed E-state index contributed by atoms with van der Waals surface area (Å²) in [4.78, 5) is 19.4. The van der Waals surface area contributed by atoms with Gasteiger partial charge in [-0.1, -0.05) is 11.6 Å². The zero-order chi connectivity index (χ0) is 30.4. The Morgan fingerprint density at radius 3 is 2.73 bits per heavy atom. The Morgan fingerprint density at radius 2 is 2.00 bits per heavy atom. The fourth-order valence-electron chi connectivity index (χ4n) is 5.53. The van der Waals surface area contributed by atoms with E-state index in [1.54, 1.807) is 6.20 Å². The van der Waals surface area contributed by atoms with Gasteiger partial charge in [0.15, 0.2) is 5.82 Å². The zero-order valence-electron chi connectivity index (χ0n) is 23.6. The van der Waals surface area contributed by atoms with E-state index in [1.165, 1.54) is 0 Å². The molecule has 0 saturated carbocycles. The molecule has 2 aliphatic heterocycles. The standard InChI is InChI=1S/C30H26ClF2N9O2/c1-16-6-17-2-4-41(13-25(17)37-30(16)44-15-20-21(32)7-18(31)8-22(20)33)14-28-36-23-9-24(29-38-27(10-34)39-40-29)35-11-26(23)42(28)12-19-3-5-43-19/h6-9,11,19H,2-5,12-15H2,1H3,(H,38,39,40)/t19-/m0/s1. The molecule has 14 heteroatoms. The number of imidazole rings is 1. The minimum atomic E-state index is -0.762. The number of halogens is 3. The number of ether oxygens (including phenoxy) is 2. The highest BCUT2D eigenvalue weighted by atomic mass is 35.5. The van der Waals surface area contributed by atoms with Crippen LogP contribution in [-0.4, -0.2) is 58.9 Å². The van der Waals surface area contributed by atoms with E-state index in [-0.39, 0.29) is 29.1 Å². The molecule has 0 unspecified atom stereocenters. The molecule has 2 aliphatic rings. The van der Waals surface area contributed by atoms with E-state index < -0.39 is 11.6 Å². The Kier molecular flexibility index (Phi) is 7.41. The van der Waals surface area contributed by atoms with Crippen molar-refractivity contribution in [3.63, 3.8) is 0 Å². The lowest BCUT2D eigenvalue weighted by Gasteiger charge is -2.30. The highest BCUT2D eigenvalue weighted by Crippen LogP contribution is 2.29. The maximum absolute atomic E-state index is 14.3. The van der Waals surface area contributed by atoms with Gasteiger partial charge in [0.05, 0.1) is 47.7 Å². The van der Waals surface area contributed by atoms with Gasteiger partial charge in [0.2, 0.25) is 11.7 Å². The summed E-state index contributed by atoms with van der Waals surface area (Å²) < 4.78 is 42.3. The summed E-state index contributed by atoms with van der Waals surface area (Å²) >= 11 is 5.75. The number of nitrogens with one attached hydrogen (secondary N) is 1. The van der Waals surface area contributed by atoms with Crippen LogP contribution in [-0.2, 0) is 37.4 Å². The van der Waals surface area contributed by atoms with Gasteiger partial charge in [-0.2, -0.15) is 5.26 Å². The van der Waals surface area contributed by atoms with E-state index in [1.807, 2.05) is 25.1 Å². The third kappa shape index (κ3) is 5.47. The second-order valence-corrected chi connectivity index (χ2v) is 11.4. The lowest BCUT2D eigenvalue weighted by Crippen LogP contribution is -2.34. The number of aromatic amines is 1. The number of nitrogens with zero attached hydrogens (tertiary/aromatic N) is 8. The van der Waals surface area contributed by atoms with E-state index >= 15 is 0 Å². The van der Waals surface area contributed by atoms with Gasteiger partial charge in [0, 0.05) is 30.3 Å². The van der Waals surface area contributed by atoms with Crippen LogP contribution in [0.2, 0.25) is 5.02 Å². The monoisotopic (exact) mass is 617 g/mol. The first-order chi connectivity index (χ1) is 21.3. The predicted octanol–water partition coefficient (Wildman–Crippen LogP) is 4.65. The number of fused-ring (bicyclic) bond motifs is 2. The largest absolute Gasteiger partial charge is 0.472 e. The van der Waals surface area contributed by atoms with Crippen LogP contribution in [0, 0.1) is 29.9 Å². The number of hydrogen-bond donors (Lipinski definition) is 1. The van der Waals surface area contributed by atoms with Crippen molar-refractivity contribution in [3.05, 3.63) is 81.2 Å². The highest BCUT2D eigenvalue weighted by molar-refractivity contribution is 6.30. The van der Waals surface area contributed by atoms with E-state index in [2.05, 4.69) is 29.6 Å². The molecule has 224 valence electrons. The van der Waals surface area contributed by atoms with Crippen LogP contribution in [0.25, 0.3) is 22.6 Å². The van der Waals surface area contributed by atoms with Gasteiger partial charge < -0.3 is 19.0 Å². The molecule has 1 saturated heterocycles. The smallest absolute Gasteiger partial charge is 0.232 e. The third-order valence-corrected chi connectivity index (χ3v) is 8.18. The summed E-state index contributed by atoms with van der Waals surface area (Å²) in [6, 6.07) is 7.93. The molecular weight excluding hydrogens is 592 g/mol. The molecule has 1 N–H and O–H groups in total. The highest BCUT2D eigenvalue weighted by Gasteiger charge is 2.26. The van der Waals surface area contributed by atoms with Crippen LogP contribution in [0.4, 0.5) is 8.78 Å². The maximum Gasteiger partial charge on any atom is 0.232 e. The molecule has 5 aromatic rings. The molecular formula is C30H26ClF2N9O2. The Hall–Kier alpha value is -4.51. The summed E-state index contributed by atoms with van der Waals surface area (Å²) in [7, 11) is 0. The zero-order valence-corrected chi connectivity index (χ0v) is 24.4. The number of hydrogen-bond acceptors (Lipinski definition) is 9. The Morgan fingerprint density at radius 1 is 1.18 bits per heavy atom. The molecule has 0 bridgehead atoms. The van der Waals surface area contributed by atoms with Crippen molar-refractivity contribution in [2.24, 2.45) is 0 Å². The van der Waals surface area contributed by atoms with Crippen molar-refractivity contribution in [3.8, 4) is 23.5 Å². The fraction of sp³-hybridized carbons (Fsp3) is 0.333. The van der Waals surface area contributed by atoms with Crippen molar-refractivity contribution >= 4 is 22.6 Å². The normalized spacial score (nSPS) is 16.5. The Labute approximate surface area is 255 Å². The van der Waals surface area contributed by atoms with E-state index in [0.717, 1.165) is 71.8 Å². The quantitative estimate of drug-likeness (QED) is 0.264. The molecule has 11 nitrogen and oxygen atoms in total. The second kappa shape index (κ2) is 11.5. The topological polar surface area (TPSA) is 131 Å². The first-order valence-electron chi connectivity index (χ1n) is 14.1. The van der Waals surface area contributed by atoms with Gasteiger partial charge >= 0.3 is 0 Å². The maximum atomic E-state index is 14.3. The van der Waals surface area contributed by atoms with Crippen molar-refractivity contribution in [1.82, 2.24) is 39.6 Å². The van der Waals surface area contributed by atoms with Crippen molar-refractivity contribution < 1.29 is 18.3 Å². The van der Waals surface area contributed by atoms with E-state index in [0.29, 0.717) is 37.0 Å². The number of nitriles is 1. The van der Waals surface area contributed by atoms with Gasteiger partial charge in [-0.15, -0.1) is 10.2 Å². The second-order valence-electron chi connectivity index (χ2n) is 10.9. The van der Waals surface area contributed by atoms with Gasteiger partial charge in [0.1, 0.15) is 35.8 Å². The molecule has 44 heavy (non-hydrogen) atoms. The number of benzene rings is 1. The molecule has 0 spiro atoms. The summed E-state index contributed by atoms with van der Waals surface area (Å²) in [5.41, 5.74) is 4.73. The minimum Gasteiger partial charge on any atom is -0.472 e. The summed E-state index contributed by atoms with van der Waals surface area (Å²) in [5, 5.41) is 16.9. The van der Waals surface area contributed by atoms with Crippen LogP contribution in [0.3, 0.4) is 0 Å². The molecule has 0 amide bonds. The van der Waals surface area contributed by atoms with Gasteiger partial charge in [-0.05, 0) is 49.6 Å². The molecule has 1 fully saturated rings. The van der Waals surface area contributed by atoms with Gasteiger partial charge in [-0.3, -0.25) is 9.88 Å². The lowest BCUT2D eigenvalue weighted by atomic mass is 10.0. The molecule has 6 heterocycles. The summed E-state index contributed by atoms with van der Waals surface area (Å²) in [6.45, 7) is 4.89. The Bertz CT molecular complexity index is 1910. The first kappa shape index (κ1) is 28.3. The average molecular weight is 618 g/mol. The molecule has 1 aromatic carbocycles. The molecule has 1 atom stereocenters. The summed E-state index contributed by atoms with van der Waals surface area (Å²) in [6.07, 6.45) is 3.64. The molecule has 0 aliphatic carbocycles. The van der Waals surface area contributed by atoms with Crippen molar-refractivity contribution in [1.29, 1.82) is 5.26 Å². The number of rotatable bonds is 8. The van der Waals surface area contributed by atoms with E-state index in [9.17, 15) is 8.78 Å². The van der Waals surface area contributed by atoms with Crippen molar-refractivity contribution in [2.45, 2.75) is 52.1 Å². The number of aromatic nitrogens is 7. The van der Waals surface area contributed by atoms with Crippen LogP contribution in [0.5, 0.6) is 5.88 Å². The third-order valence-electron chi connectivity index (χ3n) is 7.96. The summed E-state index contributed by atoms with van der Waals surface area (Å²) in [5.74, 6) is 0.187. The van der Waals surface area contributed by atoms with Crippen molar-refractivity contribution in [2.75, 3.05) is 13.2 Å². The van der Waals surface area contributed by atoms with Crippen LogP contribution >= 0.6 is 11.6 Å². The predicted molar refractivity (Wildman–Crippen MR) is 154 cm³/mol. The number of pyridine rings is 2. The van der Waals surface area contributed by atoms with Gasteiger partial charge in [0.25, 0.3) is 0 Å². The average Bonchev–Trinajstić information content (AvgIpc) is 3.59. The molecule has 4 aromatic heterocycles. The first-order valence-corrected chi connectivity index (χ1v) is 14.5. The van der Waals surface area contributed by atoms with Crippen LogP contribution in [0.15, 0.2) is 30.5 Å².